The molecule has 76 valence electrons. The highest BCUT2D eigenvalue weighted by atomic mass is 16.5. The van der Waals surface area contributed by atoms with Crippen LogP contribution >= 0.6 is 0 Å². The molecule has 0 amide bonds. The van der Waals surface area contributed by atoms with Crippen LogP contribution in [0.3, 0.4) is 0 Å². The van der Waals surface area contributed by atoms with E-state index < -0.39 is 0 Å². The van der Waals surface area contributed by atoms with Gasteiger partial charge in [-0.2, -0.15) is 4.98 Å². The predicted molar refractivity (Wildman–Crippen MR) is 53.4 cm³/mol. The number of morpholine rings is 1. The number of aromatic nitrogens is 1. The Morgan fingerprint density at radius 1 is 1.71 bits per heavy atom. The molecule has 0 spiro atoms. The molecule has 1 aromatic heterocycles. The maximum Gasteiger partial charge on any atom is 0.298 e. The van der Waals surface area contributed by atoms with E-state index in [1.54, 1.807) is 6.26 Å². The molecule has 1 aliphatic rings. The maximum absolute atomic E-state index is 5.35. The molecule has 1 atom stereocenters. The highest BCUT2D eigenvalue weighted by Gasteiger charge is 2.23. The first-order valence-electron chi connectivity index (χ1n) is 4.70. The average Bonchev–Trinajstić information content (AvgIpc) is 2.65. The number of aryl methyl sites for hydroxylation is 1. The Balaban J connectivity index is 2.18. The molecule has 1 fully saturated rings. The molecule has 1 saturated heterocycles. The number of rotatable bonds is 2. The number of hydrogen-bond donors (Lipinski definition) is 0. The lowest BCUT2D eigenvalue weighted by Gasteiger charge is -2.32. The van der Waals surface area contributed by atoms with Crippen LogP contribution in [0.1, 0.15) is 5.69 Å². The van der Waals surface area contributed by atoms with Crippen LogP contribution in [0.4, 0.5) is 6.01 Å². The Bertz CT molecular complexity index is 322. The van der Waals surface area contributed by atoms with Crippen molar-refractivity contribution in [3.63, 3.8) is 0 Å². The van der Waals surface area contributed by atoms with Crippen molar-refractivity contribution in [2.75, 3.05) is 24.7 Å². The summed E-state index contributed by atoms with van der Waals surface area (Å²) in [4.78, 5) is 6.36. The van der Waals surface area contributed by atoms with Crippen molar-refractivity contribution < 1.29 is 9.15 Å². The van der Waals surface area contributed by atoms with E-state index in [2.05, 4.69) is 16.5 Å². The topological polar surface area (TPSA) is 38.5 Å². The van der Waals surface area contributed by atoms with Crippen LogP contribution in [-0.4, -0.2) is 30.8 Å². The van der Waals surface area contributed by atoms with Gasteiger partial charge in [0.25, 0.3) is 6.01 Å². The quantitative estimate of drug-likeness (QED) is 0.666. The van der Waals surface area contributed by atoms with E-state index in [1.807, 2.05) is 13.0 Å². The van der Waals surface area contributed by atoms with Crippen molar-refractivity contribution in [2.45, 2.75) is 13.0 Å². The van der Waals surface area contributed by atoms with Crippen LogP contribution < -0.4 is 4.90 Å². The van der Waals surface area contributed by atoms with Gasteiger partial charge in [0.1, 0.15) is 6.26 Å². The number of oxazole rings is 1. The number of anilines is 1. The van der Waals surface area contributed by atoms with Gasteiger partial charge < -0.3 is 14.1 Å². The largest absolute Gasteiger partial charge is 0.432 e. The number of hydrogen-bond acceptors (Lipinski definition) is 4. The molecular weight excluding hydrogens is 180 g/mol. The van der Waals surface area contributed by atoms with E-state index in [0.717, 1.165) is 12.2 Å². The van der Waals surface area contributed by atoms with Crippen molar-refractivity contribution in [1.29, 1.82) is 0 Å². The third-order valence-electron chi connectivity index (χ3n) is 2.29. The Hall–Kier alpha value is -1.29. The van der Waals surface area contributed by atoms with Crippen LogP contribution in [0, 0.1) is 6.92 Å². The van der Waals surface area contributed by atoms with Crippen LogP contribution in [0.25, 0.3) is 0 Å². The SMILES string of the molecule is C=C[C@H]1COCCN1c1nc(C)co1. The molecule has 2 heterocycles. The molecule has 2 rings (SSSR count). The van der Waals surface area contributed by atoms with E-state index in [-0.39, 0.29) is 6.04 Å². The zero-order valence-electron chi connectivity index (χ0n) is 8.27. The molecular formula is C10H14N2O2. The summed E-state index contributed by atoms with van der Waals surface area (Å²) in [6, 6.07) is 0.831. The Morgan fingerprint density at radius 2 is 2.57 bits per heavy atom. The minimum absolute atomic E-state index is 0.168. The molecule has 0 N–H and O–H groups in total. The summed E-state index contributed by atoms with van der Waals surface area (Å²) in [5.41, 5.74) is 0.898. The summed E-state index contributed by atoms with van der Waals surface area (Å²) in [5.74, 6) is 0. The summed E-state index contributed by atoms with van der Waals surface area (Å²) in [5, 5.41) is 0. The lowest BCUT2D eigenvalue weighted by molar-refractivity contribution is 0.103. The van der Waals surface area contributed by atoms with Gasteiger partial charge in [0, 0.05) is 6.54 Å². The van der Waals surface area contributed by atoms with Crippen molar-refractivity contribution in [1.82, 2.24) is 4.98 Å². The standard InChI is InChI=1S/C10H14N2O2/c1-3-9-7-13-5-4-12(9)10-11-8(2)6-14-10/h3,6,9H,1,4-5,7H2,2H3/t9-/m0/s1. The summed E-state index contributed by atoms with van der Waals surface area (Å²) >= 11 is 0. The highest BCUT2D eigenvalue weighted by molar-refractivity contribution is 5.31. The fourth-order valence-corrected chi connectivity index (χ4v) is 1.53. The van der Waals surface area contributed by atoms with Gasteiger partial charge in [-0.1, -0.05) is 6.08 Å². The smallest absolute Gasteiger partial charge is 0.298 e. The Labute approximate surface area is 83.2 Å². The van der Waals surface area contributed by atoms with Gasteiger partial charge in [0.15, 0.2) is 0 Å². The minimum atomic E-state index is 0.168. The molecule has 0 radical (unpaired) electrons. The van der Waals surface area contributed by atoms with Crippen molar-refractivity contribution >= 4 is 6.01 Å². The summed E-state index contributed by atoms with van der Waals surface area (Å²) in [6.45, 7) is 7.86. The van der Waals surface area contributed by atoms with Crippen LogP contribution in [0.15, 0.2) is 23.3 Å². The molecule has 0 saturated carbocycles. The summed E-state index contributed by atoms with van der Waals surface area (Å²) in [7, 11) is 0. The molecule has 1 aliphatic heterocycles. The number of nitrogens with zero attached hydrogens (tertiary/aromatic N) is 2. The fourth-order valence-electron chi connectivity index (χ4n) is 1.53. The van der Waals surface area contributed by atoms with Crippen LogP contribution in [-0.2, 0) is 4.74 Å². The third kappa shape index (κ3) is 1.65. The van der Waals surface area contributed by atoms with Gasteiger partial charge in [-0.25, -0.2) is 0 Å². The maximum atomic E-state index is 5.35. The van der Waals surface area contributed by atoms with Gasteiger partial charge in [-0.15, -0.1) is 6.58 Å². The van der Waals surface area contributed by atoms with Crippen molar-refractivity contribution in [3.05, 3.63) is 24.6 Å². The average molecular weight is 194 g/mol. The van der Waals surface area contributed by atoms with Gasteiger partial charge in [-0.3, -0.25) is 0 Å². The van der Waals surface area contributed by atoms with Gasteiger partial charge in [0.2, 0.25) is 0 Å². The Kier molecular flexibility index (Phi) is 2.54. The van der Waals surface area contributed by atoms with E-state index in [0.29, 0.717) is 19.2 Å². The molecule has 4 heteroatoms. The Morgan fingerprint density at radius 3 is 3.21 bits per heavy atom. The minimum Gasteiger partial charge on any atom is -0.432 e. The van der Waals surface area contributed by atoms with Crippen molar-refractivity contribution in [2.24, 2.45) is 0 Å². The normalized spacial score (nSPS) is 22.4. The third-order valence-corrected chi connectivity index (χ3v) is 2.29. The molecule has 4 nitrogen and oxygen atoms in total. The molecule has 1 aromatic rings. The molecule has 0 aliphatic carbocycles. The van der Waals surface area contributed by atoms with Crippen molar-refractivity contribution in [3.8, 4) is 0 Å². The summed E-state index contributed by atoms with van der Waals surface area (Å²) < 4.78 is 10.7. The van der Waals surface area contributed by atoms with Gasteiger partial charge >= 0.3 is 0 Å². The molecule has 0 bridgehead atoms. The fraction of sp³-hybridized carbons (Fsp3) is 0.500. The second kappa shape index (κ2) is 3.84. The van der Waals surface area contributed by atoms with Crippen LogP contribution in [0.2, 0.25) is 0 Å². The zero-order valence-corrected chi connectivity index (χ0v) is 8.27. The highest BCUT2D eigenvalue weighted by Crippen LogP contribution is 2.18. The lowest BCUT2D eigenvalue weighted by Crippen LogP contribution is -2.44. The first-order chi connectivity index (χ1) is 6.81. The monoisotopic (exact) mass is 194 g/mol. The van der Waals surface area contributed by atoms with E-state index in [1.165, 1.54) is 0 Å². The second-order valence-corrected chi connectivity index (χ2v) is 3.34. The number of ether oxygens (including phenoxy) is 1. The van der Waals surface area contributed by atoms with E-state index in [4.69, 9.17) is 9.15 Å². The zero-order chi connectivity index (χ0) is 9.97. The lowest BCUT2D eigenvalue weighted by atomic mass is 10.2. The van der Waals surface area contributed by atoms with Gasteiger partial charge in [0.05, 0.1) is 24.9 Å². The molecule has 0 unspecified atom stereocenters. The molecule has 0 aromatic carbocycles. The first kappa shape index (κ1) is 9.27. The second-order valence-electron chi connectivity index (χ2n) is 3.34. The first-order valence-corrected chi connectivity index (χ1v) is 4.70. The molecule has 14 heavy (non-hydrogen) atoms. The van der Waals surface area contributed by atoms with E-state index >= 15 is 0 Å². The predicted octanol–water partition coefficient (Wildman–Crippen LogP) is 1.37. The van der Waals surface area contributed by atoms with Gasteiger partial charge in [-0.05, 0) is 6.92 Å². The van der Waals surface area contributed by atoms with E-state index in [9.17, 15) is 0 Å². The summed E-state index contributed by atoms with van der Waals surface area (Å²) in [6.07, 6.45) is 3.52. The van der Waals surface area contributed by atoms with Crippen LogP contribution in [0.5, 0.6) is 0 Å².